The fraction of sp³-hybridized carbons (Fsp3) is 0.586. The topological polar surface area (TPSA) is 90.5 Å². The molecule has 2 atom stereocenters. The molecule has 0 bridgehead atoms. The largest absolute Gasteiger partial charge is 0.351 e. The molecule has 8 nitrogen and oxygen atoms in total. The highest BCUT2D eigenvalue weighted by atomic mass is 79.9. The summed E-state index contributed by atoms with van der Waals surface area (Å²) in [6.45, 7) is 4.17. The molecule has 2 heterocycles. The maximum Gasteiger partial charge on any atom is 0.253 e. The van der Waals surface area contributed by atoms with Crippen LogP contribution in [0.25, 0.3) is 0 Å². The third kappa shape index (κ3) is 6.37. The maximum atomic E-state index is 13.0. The van der Waals surface area contributed by atoms with Gasteiger partial charge in [0, 0.05) is 42.0 Å². The van der Waals surface area contributed by atoms with Crippen LogP contribution in [0.4, 0.5) is 11.6 Å². The van der Waals surface area contributed by atoms with E-state index in [4.69, 9.17) is 4.98 Å². The van der Waals surface area contributed by atoms with E-state index in [0.29, 0.717) is 11.5 Å². The van der Waals surface area contributed by atoms with Gasteiger partial charge in [0.1, 0.15) is 0 Å². The molecule has 3 fully saturated rings. The zero-order chi connectivity index (χ0) is 26.9. The minimum absolute atomic E-state index is 0.0132. The Labute approximate surface area is 234 Å². The van der Waals surface area contributed by atoms with Crippen LogP contribution < -0.4 is 10.6 Å². The van der Waals surface area contributed by atoms with Gasteiger partial charge in [-0.15, -0.1) is 0 Å². The second-order valence-electron chi connectivity index (χ2n) is 11.7. The van der Waals surface area contributed by atoms with Crippen molar-refractivity contribution in [2.24, 2.45) is 11.8 Å². The van der Waals surface area contributed by atoms with Gasteiger partial charge in [-0.2, -0.15) is 0 Å². The van der Waals surface area contributed by atoms with Gasteiger partial charge < -0.3 is 20.4 Å². The van der Waals surface area contributed by atoms with Crippen LogP contribution in [0.5, 0.6) is 0 Å². The smallest absolute Gasteiger partial charge is 0.253 e. The molecule has 2 N–H and O–H groups in total. The zero-order valence-corrected chi connectivity index (χ0v) is 24.3. The predicted molar refractivity (Wildman–Crippen MR) is 152 cm³/mol. The average molecular weight is 584 g/mol. The number of hydrogen-bond acceptors (Lipinski definition) is 6. The van der Waals surface area contributed by atoms with Gasteiger partial charge in [0.25, 0.3) is 5.91 Å². The Balaban J connectivity index is 1.20. The summed E-state index contributed by atoms with van der Waals surface area (Å²) >= 11 is 3.62. The third-order valence-electron chi connectivity index (χ3n) is 8.64. The van der Waals surface area contributed by atoms with E-state index in [-0.39, 0.29) is 35.2 Å². The zero-order valence-electron chi connectivity index (χ0n) is 22.7. The van der Waals surface area contributed by atoms with E-state index in [9.17, 15) is 9.59 Å². The number of carbonyl (C=O) groups is 2. The van der Waals surface area contributed by atoms with Crippen LogP contribution in [-0.4, -0.2) is 70.3 Å². The fourth-order valence-corrected chi connectivity index (χ4v) is 6.11. The van der Waals surface area contributed by atoms with E-state index in [1.54, 1.807) is 6.20 Å². The standard InChI is InChI=1S/C29H39BrN6O2/c1-29(13-14-29)34-26(37)23-6-4-5-20(23)17-25-24(30)18-31-28(33-25)32-21-9-7-19(8-10-21)27(38)36(3)22-11-15-35(2)16-12-22/h7-10,18,20,22-23H,4-6,11-17H2,1-3H3,(H,34,37)(H,31,32,33)/t20-,23-/m0/s1. The monoisotopic (exact) mass is 582 g/mol. The molecule has 9 heteroatoms. The number of anilines is 2. The number of benzene rings is 1. The summed E-state index contributed by atoms with van der Waals surface area (Å²) in [5, 5.41) is 6.54. The molecule has 1 aromatic heterocycles. The molecule has 38 heavy (non-hydrogen) atoms. The summed E-state index contributed by atoms with van der Waals surface area (Å²) < 4.78 is 0.862. The Bertz CT molecular complexity index is 1160. The van der Waals surface area contributed by atoms with Crippen LogP contribution >= 0.6 is 15.9 Å². The first kappa shape index (κ1) is 27.1. The normalized spacial score (nSPS) is 23.2. The van der Waals surface area contributed by atoms with Gasteiger partial charge in [0.05, 0.1) is 10.2 Å². The van der Waals surface area contributed by atoms with Crippen LogP contribution in [0.1, 0.15) is 67.9 Å². The molecule has 0 spiro atoms. The molecule has 1 aliphatic heterocycles. The fourth-order valence-electron chi connectivity index (χ4n) is 5.76. The molecule has 0 radical (unpaired) electrons. The van der Waals surface area contributed by atoms with Crippen LogP contribution in [0.15, 0.2) is 34.9 Å². The quantitative estimate of drug-likeness (QED) is 0.465. The number of likely N-dealkylation sites (tertiary alicyclic amines) is 1. The summed E-state index contributed by atoms with van der Waals surface area (Å²) in [6, 6.07) is 7.80. The average Bonchev–Trinajstić information content (AvgIpc) is 3.44. The van der Waals surface area contributed by atoms with E-state index in [1.807, 2.05) is 36.2 Å². The second kappa shape index (κ2) is 11.3. The van der Waals surface area contributed by atoms with Crippen molar-refractivity contribution < 1.29 is 9.59 Å². The molecule has 204 valence electrons. The van der Waals surface area contributed by atoms with Gasteiger partial charge in [-0.3, -0.25) is 9.59 Å². The van der Waals surface area contributed by atoms with Gasteiger partial charge in [0.2, 0.25) is 11.9 Å². The molecular formula is C29H39BrN6O2. The van der Waals surface area contributed by atoms with Crippen LogP contribution in [0.3, 0.4) is 0 Å². The number of rotatable bonds is 8. The summed E-state index contributed by atoms with van der Waals surface area (Å²) in [4.78, 5) is 39.4. The van der Waals surface area contributed by atoms with Crippen molar-refractivity contribution in [3.05, 3.63) is 46.2 Å². The number of aromatic nitrogens is 2. The number of nitrogens with one attached hydrogen (secondary N) is 2. The molecule has 0 unspecified atom stereocenters. The minimum Gasteiger partial charge on any atom is -0.351 e. The van der Waals surface area contributed by atoms with Crippen LogP contribution in [0.2, 0.25) is 0 Å². The summed E-state index contributed by atoms with van der Waals surface area (Å²) in [6.07, 6.45) is 9.73. The highest BCUT2D eigenvalue weighted by Crippen LogP contribution is 2.39. The van der Waals surface area contributed by atoms with E-state index in [0.717, 1.165) is 80.3 Å². The van der Waals surface area contributed by atoms with Crippen LogP contribution in [-0.2, 0) is 11.2 Å². The number of carbonyl (C=O) groups excluding carboxylic acids is 2. The molecule has 2 aliphatic carbocycles. The van der Waals surface area contributed by atoms with Crippen molar-refractivity contribution in [3.63, 3.8) is 0 Å². The lowest BCUT2D eigenvalue weighted by Crippen LogP contribution is -2.44. The van der Waals surface area contributed by atoms with E-state index >= 15 is 0 Å². The molecule has 5 rings (SSSR count). The first-order chi connectivity index (χ1) is 18.2. The van der Waals surface area contributed by atoms with E-state index < -0.39 is 0 Å². The molecule has 2 saturated carbocycles. The predicted octanol–water partition coefficient (Wildman–Crippen LogP) is 4.78. The van der Waals surface area contributed by atoms with Crippen molar-refractivity contribution in [2.45, 2.75) is 69.9 Å². The Hall–Kier alpha value is -2.52. The van der Waals surface area contributed by atoms with Gasteiger partial charge in [-0.25, -0.2) is 9.97 Å². The Kier molecular flexibility index (Phi) is 8.05. The maximum absolute atomic E-state index is 13.0. The first-order valence-electron chi connectivity index (χ1n) is 13.9. The Morgan fingerprint density at radius 3 is 2.53 bits per heavy atom. The summed E-state index contributed by atoms with van der Waals surface area (Å²) in [7, 11) is 4.04. The van der Waals surface area contributed by atoms with Gasteiger partial charge >= 0.3 is 0 Å². The van der Waals surface area contributed by atoms with Crippen molar-refractivity contribution in [2.75, 3.05) is 32.5 Å². The van der Waals surface area contributed by atoms with Gasteiger partial charge in [-0.1, -0.05) is 6.42 Å². The van der Waals surface area contributed by atoms with Crippen molar-refractivity contribution >= 4 is 39.4 Å². The van der Waals surface area contributed by atoms with E-state index in [1.165, 1.54) is 0 Å². The summed E-state index contributed by atoms with van der Waals surface area (Å²) in [5.41, 5.74) is 2.43. The van der Waals surface area contributed by atoms with Crippen molar-refractivity contribution in [3.8, 4) is 0 Å². The number of piperidine rings is 1. The molecule has 3 aliphatic rings. The number of hydrogen-bond donors (Lipinski definition) is 2. The lowest BCUT2D eigenvalue weighted by molar-refractivity contribution is -0.126. The SMILES string of the molecule is CN1CCC(N(C)C(=O)c2ccc(Nc3ncc(Br)c(C[C@@H]4CCC[C@@H]4C(=O)NC4(C)CC4)n3)cc2)CC1. The highest BCUT2D eigenvalue weighted by molar-refractivity contribution is 9.10. The molecular weight excluding hydrogens is 544 g/mol. The van der Waals surface area contributed by atoms with Gasteiger partial charge in [0.15, 0.2) is 0 Å². The van der Waals surface area contributed by atoms with Crippen molar-refractivity contribution in [1.82, 2.24) is 25.1 Å². The molecule has 1 saturated heterocycles. The number of halogens is 1. The lowest BCUT2D eigenvalue weighted by Gasteiger charge is -2.35. The number of nitrogens with zero attached hydrogens (tertiary/aromatic N) is 4. The molecule has 1 aromatic carbocycles. The molecule has 2 amide bonds. The molecule has 2 aromatic rings. The van der Waals surface area contributed by atoms with Crippen LogP contribution in [0, 0.1) is 11.8 Å². The Morgan fingerprint density at radius 1 is 1.13 bits per heavy atom. The van der Waals surface area contributed by atoms with Gasteiger partial charge in [-0.05, 0) is 118 Å². The number of amides is 2. The lowest BCUT2D eigenvalue weighted by atomic mass is 9.90. The van der Waals surface area contributed by atoms with E-state index in [2.05, 4.69) is 50.4 Å². The second-order valence-corrected chi connectivity index (χ2v) is 12.5. The minimum atomic E-state index is 0.0132. The highest BCUT2D eigenvalue weighted by Gasteiger charge is 2.42. The Morgan fingerprint density at radius 2 is 1.84 bits per heavy atom. The van der Waals surface area contributed by atoms with Crippen molar-refractivity contribution in [1.29, 1.82) is 0 Å². The third-order valence-corrected chi connectivity index (χ3v) is 9.30. The summed E-state index contributed by atoms with van der Waals surface area (Å²) in [5.74, 6) is 1.09. The first-order valence-corrected chi connectivity index (χ1v) is 14.7.